The molecule has 0 saturated carbocycles. The van der Waals surface area contributed by atoms with E-state index in [2.05, 4.69) is 16.0 Å². The van der Waals surface area contributed by atoms with Gasteiger partial charge in [-0.3, -0.25) is 19.7 Å². The van der Waals surface area contributed by atoms with Crippen LogP contribution >= 0.6 is 0 Å². The van der Waals surface area contributed by atoms with Gasteiger partial charge in [-0.2, -0.15) is 0 Å². The van der Waals surface area contributed by atoms with E-state index in [1.165, 1.54) is 6.92 Å². The summed E-state index contributed by atoms with van der Waals surface area (Å²) in [4.78, 5) is 46.4. The number of rotatable bonds is 6. The molecule has 1 saturated heterocycles. The number of esters is 1. The highest BCUT2D eigenvalue weighted by atomic mass is 16.5. The number of hydrogen-bond donors (Lipinski definition) is 3. The minimum atomic E-state index is -0.973. The third kappa shape index (κ3) is 5.03. The van der Waals surface area contributed by atoms with Crippen molar-refractivity contribution in [3.63, 3.8) is 0 Å². The highest BCUT2D eigenvalue weighted by molar-refractivity contribution is 6.04. The van der Waals surface area contributed by atoms with Crippen molar-refractivity contribution in [2.75, 3.05) is 5.32 Å². The molecule has 25 heavy (non-hydrogen) atoms. The first kappa shape index (κ1) is 18.4. The average Bonchev–Trinajstić information content (AvgIpc) is 2.86. The molecule has 1 aliphatic rings. The van der Waals surface area contributed by atoms with Crippen molar-refractivity contribution in [1.29, 1.82) is 0 Å². The van der Waals surface area contributed by atoms with E-state index in [4.69, 9.17) is 4.74 Å². The van der Waals surface area contributed by atoms with E-state index >= 15 is 0 Å². The zero-order chi connectivity index (χ0) is 18.6. The number of ether oxygens (including phenoxy) is 1. The van der Waals surface area contributed by atoms with Crippen LogP contribution in [0.3, 0.4) is 0 Å². The maximum Gasteiger partial charge on any atom is 0.322 e. The average molecular weight is 347 g/mol. The Hall–Kier alpha value is -2.90. The summed E-state index contributed by atoms with van der Waals surface area (Å²) in [5.41, 5.74) is 2.57. The van der Waals surface area contributed by atoms with E-state index in [0.29, 0.717) is 5.69 Å². The number of urea groups is 1. The predicted molar refractivity (Wildman–Crippen MR) is 89.8 cm³/mol. The first-order chi connectivity index (χ1) is 11.8. The van der Waals surface area contributed by atoms with Crippen LogP contribution in [0.5, 0.6) is 0 Å². The normalized spacial score (nSPS) is 17.5. The fourth-order valence-electron chi connectivity index (χ4n) is 2.34. The molecule has 8 nitrogen and oxygen atoms in total. The smallest absolute Gasteiger partial charge is 0.322 e. The Labute approximate surface area is 145 Å². The molecule has 8 heteroatoms. The molecular formula is C17H21N3O5. The Morgan fingerprint density at radius 2 is 2.00 bits per heavy atom. The topological polar surface area (TPSA) is 114 Å². The summed E-state index contributed by atoms with van der Waals surface area (Å²) in [7, 11) is 0. The van der Waals surface area contributed by atoms with Gasteiger partial charge in [-0.05, 0) is 44.4 Å². The number of aryl methyl sites for hydroxylation is 2. The summed E-state index contributed by atoms with van der Waals surface area (Å²) < 4.78 is 5.08. The van der Waals surface area contributed by atoms with E-state index in [-0.39, 0.29) is 12.8 Å². The predicted octanol–water partition coefficient (Wildman–Crippen LogP) is 1.16. The zero-order valence-electron chi connectivity index (χ0n) is 14.3. The lowest BCUT2D eigenvalue weighted by Crippen LogP contribution is -2.32. The van der Waals surface area contributed by atoms with Gasteiger partial charge in [-0.25, -0.2) is 4.79 Å². The first-order valence-corrected chi connectivity index (χ1v) is 7.95. The van der Waals surface area contributed by atoms with E-state index in [1.54, 1.807) is 0 Å². The third-order valence-electron chi connectivity index (χ3n) is 3.82. The zero-order valence-corrected chi connectivity index (χ0v) is 14.3. The Kier molecular flexibility index (Phi) is 5.74. The van der Waals surface area contributed by atoms with E-state index in [0.717, 1.165) is 11.1 Å². The van der Waals surface area contributed by atoms with Gasteiger partial charge in [0.2, 0.25) is 0 Å². The summed E-state index contributed by atoms with van der Waals surface area (Å²) in [5.74, 6) is -1.52. The molecule has 0 aromatic heterocycles. The van der Waals surface area contributed by atoms with Gasteiger partial charge in [-0.1, -0.05) is 12.1 Å². The quantitative estimate of drug-likeness (QED) is 0.528. The number of hydrogen-bond acceptors (Lipinski definition) is 5. The summed E-state index contributed by atoms with van der Waals surface area (Å²) in [6.45, 7) is 5.26. The Morgan fingerprint density at radius 1 is 1.28 bits per heavy atom. The lowest BCUT2D eigenvalue weighted by molar-refractivity contribution is -0.153. The molecule has 4 amide bonds. The fraction of sp³-hybridized carbons (Fsp3) is 0.412. The third-order valence-corrected chi connectivity index (χ3v) is 3.82. The van der Waals surface area contributed by atoms with Crippen LogP contribution in [-0.4, -0.2) is 36.0 Å². The molecule has 1 aromatic rings. The van der Waals surface area contributed by atoms with Crippen molar-refractivity contribution >= 4 is 29.5 Å². The van der Waals surface area contributed by atoms with Crippen molar-refractivity contribution in [2.24, 2.45) is 0 Å². The number of anilines is 1. The van der Waals surface area contributed by atoms with Crippen molar-refractivity contribution in [1.82, 2.24) is 10.6 Å². The van der Waals surface area contributed by atoms with Gasteiger partial charge in [0, 0.05) is 12.1 Å². The first-order valence-electron chi connectivity index (χ1n) is 7.95. The van der Waals surface area contributed by atoms with Crippen molar-refractivity contribution < 1.29 is 23.9 Å². The monoisotopic (exact) mass is 347 g/mol. The van der Waals surface area contributed by atoms with Crippen LogP contribution in [0.1, 0.15) is 30.9 Å². The van der Waals surface area contributed by atoms with Crippen LogP contribution in [0.15, 0.2) is 18.2 Å². The second-order valence-corrected chi connectivity index (χ2v) is 5.99. The largest absolute Gasteiger partial charge is 0.453 e. The van der Waals surface area contributed by atoms with Gasteiger partial charge in [0.1, 0.15) is 6.04 Å². The molecule has 134 valence electrons. The molecule has 0 unspecified atom stereocenters. The molecule has 1 aliphatic heterocycles. The highest BCUT2D eigenvalue weighted by Gasteiger charge is 2.30. The Balaban J connectivity index is 1.82. The van der Waals surface area contributed by atoms with E-state index in [1.807, 2.05) is 32.0 Å². The van der Waals surface area contributed by atoms with Crippen LogP contribution in [0.4, 0.5) is 10.5 Å². The Bertz CT molecular complexity index is 716. The van der Waals surface area contributed by atoms with Crippen molar-refractivity contribution in [3.8, 4) is 0 Å². The minimum Gasteiger partial charge on any atom is -0.453 e. The van der Waals surface area contributed by atoms with Crippen molar-refractivity contribution in [2.45, 2.75) is 45.8 Å². The molecule has 1 aromatic carbocycles. The minimum absolute atomic E-state index is 0.0839. The van der Waals surface area contributed by atoms with Crippen LogP contribution < -0.4 is 16.0 Å². The molecule has 0 spiro atoms. The maximum absolute atomic E-state index is 12.2. The van der Waals surface area contributed by atoms with Crippen molar-refractivity contribution in [3.05, 3.63) is 29.3 Å². The summed E-state index contributed by atoms with van der Waals surface area (Å²) in [6.07, 6.45) is -0.944. The van der Waals surface area contributed by atoms with E-state index in [9.17, 15) is 19.2 Å². The highest BCUT2D eigenvalue weighted by Crippen LogP contribution is 2.17. The number of amides is 4. The second kappa shape index (κ2) is 7.78. The van der Waals surface area contributed by atoms with Crippen LogP contribution in [0.2, 0.25) is 0 Å². The van der Waals surface area contributed by atoms with Gasteiger partial charge in [0.05, 0.1) is 0 Å². The molecular weight excluding hydrogens is 326 g/mol. The van der Waals surface area contributed by atoms with E-state index < -0.39 is 36.0 Å². The standard InChI is InChI=1S/C17H21N3O5/c1-9-4-5-10(2)13(8-9)18-15(22)11(3)25-14(21)7-6-12-16(23)20-17(24)19-12/h4-5,8,11-12H,6-7H2,1-3H3,(H,18,22)(H2,19,20,23,24)/t11-,12+/m0/s1. The van der Waals surface area contributed by atoms with Gasteiger partial charge in [0.25, 0.3) is 11.8 Å². The van der Waals surface area contributed by atoms with Crippen LogP contribution in [0.25, 0.3) is 0 Å². The van der Waals surface area contributed by atoms with Gasteiger partial charge < -0.3 is 15.4 Å². The second-order valence-electron chi connectivity index (χ2n) is 5.99. The Morgan fingerprint density at radius 3 is 2.64 bits per heavy atom. The summed E-state index contributed by atoms with van der Waals surface area (Å²) in [6, 6.07) is 4.33. The summed E-state index contributed by atoms with van der Waals surface area (Å²) in [5, 5.41) is 7.20. The molecule has 0 aliphatic carbocycles. The van der Waals surface area contributed by atoms with Crippen LogP contribution in [-0.2, 0) is 19.1 Å². The molecule has 0 bridgehead atoms. The SMILES string of the molecule is Cc1ccc(C)c(NC(=O)[C@H](C)OC(=O)CC[C@H]2NC(=O)NC2=O)c1. The number of benzene rings is 1. The summed E-state index contributed by atoms with van der Waals surface area (Å²) >= 11 is 0. The molecule has 1 fully saturated rings. The molecule has 2 rings (SSSR count). The number of nitrogens with one attached hydrogen (secondary N) is 3. The molecule has 3 N–H and O–H groups in total. The van der Waals surface area contributed by atoms with Gasteiger partial charge >= 0.3 is 12.0 Å². The maximum atomic E-state index is 12.2. The van der Waals surface area contributed by atoms with Gasteiger partial charge in [-0.15, -0.1) is 0 Å². The van der Waals surface area contributed by atoms with Crippen LogP contribution in [0, 0.1) is 13.8 Å². The number of carbonyl (C=O) groups excluding carboxylic acids is 4. The number of carbonyl (C=O) groups is 4. The van der Waals surface area contributed by atoms with Gasteiger partial charge in [0.15, 0.2) is 6.10 Å². The molecule has 1 heterocycles. The molecule has 0 radical (unpaired) electrons. The molecule has 2 atom stereocenters. The lowest BCUT2D eigenvalue weighted by atomic mass is 10.1. The lowest BCUT2D eigenvalue weighted by Gasteiger charge is -2.15. The number of imide groups is 1. The fourth-order valence-corrected chi connectivity index (χ4v) is 2.34.